The van der Waals surface area contributed by atoms with Crippen molar-refractivity contribution in [2.75, 3.05) is 24.6 Å². The zero-order chi connectivity index (χ0) is 13.7. The van der Waals surface area contributed by atoms with Crippen LogP contribution in [0.3, 0.4) is 0 Å². The molecule has 0 aromatic heterocycles. The summed E-state index contributed by atoms with van der Waals surface area (Å²) in [4.78, 5) is 13.9. The van der Waals surface area contributed by atoms with Crippen LogP contribution in [0.15, 0.2) is 29.4 Å². The van der Waals surface area contributed by atoms with Crippen LogP contribution in [-0.2, 0) is 9.53 Å². The van der Waals surface area contributed by atoms with Gasteiger partial charge in [-0.15, -0.1) is 0 Å². The van der Waals surface area contributed by atoms with Gasteiger partial charge in [-0.05, 0) is 31.9 Å². The number of nitrogens with zero attached hydrogens (tertiary/aromatic N) is 2. The summed E-state index contributed by atoms with van der Waals surface area (Å²) in [6, 6.07) is 7.43. The van der Waals surface area contributed by atoms with Crippen molar-refractivity contribution in [1.29, 1.82) is 0 Å². The molecule has 0 amide bonds. The summed E-state index contributed by atoms with van der Waals surface area (Å²) in [5.74, 6) is -0.612. The molecule has 5 nitrogen and oxygen atoms in total. The average Bonchev–Trinajstić information content (AvgIpc) is 2.95. The van der Waals surface area contributed by atoms with E-state index in [-0.39, 0.29) is 12.3 Å². The topological polar surface area (TPSA) is 62.1 Å². The molecule has 0 unspecified atom stereocenters. The summed E-state index contributed by atoms with van der Waals surface area (Å²) in [5.41, 5.74) is 1.63. The second-order valence-electron chi connectivity index (χ2n) is 4.41. The molecule has 1 heterocycles. The fourth-order valence-electron chi connectivity index (χ4n) is 2.22. The van der Waals surface area contributed by atoms with E-state index in [2.05, 4.69) is 10.1 Å². The number of esters is 1. The van der Waals surface area contributed by atoms with E-state index in [1.807, 2.05) is 12.1 Å². The van der Waals surface area contributed by atoms with Crippen LogP contribution in [-0.4, -0.2) is 36.6 Å². The van der Waals surface area contributed by atoms with E-state index in [1.54, 1.807) is 19.1 Å². The van der Waals surface area contributed by atoms with Crippen LogP contribution in [0.25, 0.3) is 0 Å². The lowest BCUT2D eigenvalue weighted by molar-refractivity contribution is -0.135. The van der Waals surface area contributed by atoms with Gasteiger partial charge >= 0.3 is 5.97 Å². The van der Waals surface area contributed by atoms with Crippen molar-refractivity contribution in [3.8, 4) is 0 Å². The maximum Gasteiger partial charge on any atom is 0.361 e. The first-order valence-corrected chi connectivity index (χ1v) is 6.51. The van der Waals surface area contributed by atoms with Crippen molar-refractivity contribution in [3.05, 3.63) is 29.8 Å². The Morgan fingerprint density at radius 2 is 1.95 bits per heavy atom. The van der Waals surface area contributed by atoms with Crippen molar-refractivity contribution in [2.24, 2.45) is 5.16 Å². The molecule has 0 saturated carbocycles. The van der Waals surface area contributed by atoms with Crippen LogP contribution in [0.2, 0.25) is 0 Å². The molecule has 1 aromatic carbocycles. The van der Waals surface area contributed by atoms with E-state index in [4.69, 9.17) is 9.94 Å². The third-order valence-corrected chi connectivity index (χ3v) is 3.18. The number of hydrogen-bond donors (Lipinski definition) is 1. The van der Waals surface area contributed by atoms with Crippen LogP contribution in [0.5, 0.6) is 0 Å². The summed E-state index contributed by atoms with van der Waals surface area (Å²) < 4.78 is 4.84. The Balaban J connectivity index is 2.14. The van der Waals surface area contributed by atoms with Gasteiger partial charge in [-0.25, -0.2) is 4.79 Å². The fraction of sp³-hybridized carbons (Fsp3) is 0.429. The highest BCUT2D eigenvalue weighted by Crippen LogP contribution is 2.20. The summed E-state index contributed by atoms with van der Waals surface area (Å²) in [7, 11) is 0. The van der Waals surface area contributed by atoms with E-state index in [0.29, 0.717) is 5.56 Å². The third-order valence-electron chi connectivity index (χ3n) is 3.18. The molecule has 0 spiro atoms. The zero-order valence-electron chi connectivity index (χ0n) is 11.0. The molecule has 0 atom stereocenters. The summed E-state index contributed by atoms with van der Waals surface area (Å²) >= 11 is 0. The van der Waals surface area contributed by atoms with Gasteiger partial charge in [0.25, 0.3) is 0 Å². The molecule has 2 rings (SSSR count). The summed E-state index contributed by atoms with van der Waals surface area (Å²) in [6.45, 7) is 4.10. The Hall–Kier alpha value is -2.04. The van der Waals surface area contributed by atoms with Crippen molar-refractivity contribution >= 4 is 17.4 Å². The molecule has 19 heavy (non-hydrogen) atoms. The SMILES string of the molecule is CCOC(=O)/C(=N\O)c1ccc(N2CCCC2)cc1. The number of ether oxygens (including phenoxy) is 1. The first kappa shape index (κ1) is 13.4. The summed E-state index contributed by atoms with van der Waals surface area (Å²) in [6.07, 6.45) is 2.43. The first-order valence-electron chi connectivity index (χ1n) is 6.51. The molecular formula is C14H18N2O3. The first-order chi connectivity index (χ1) is 9.26. The van der Waals surface area contributed by atoms with Gasteiger partial charge in [0, 0.05) is 24.3 Å². The molecular weight excluding hydrogens is 244 g/mol. The predicted molar refractivity (Wildman–Crippen MR) is 72.8 cm³/mol. The molecule has 102 valence electrons. The van der Waals surface area contributed by atoms with Gasteiger partial charge in [-0.3, -0.25) is 0 Å². The molecule has 0 aliphatic carbocycles. The highest BCUT2D eigenvalue weighted by Gasteiger charge is 2.17. The second-order valence-corrected chi connectivity index (χ2v) is 4.41. The van der Waals surface area contributed by atoms with Gasteiger partial charge in [-0.1, -0.05) is 17.3 Å². The molecule has 1 saturated heterocycles. The maximum atomic E-state index is 11.6. The van der Waals surface area contributed by atoms with Gasteiger partial charge in [0.15, 0.2) is 5.71 Å². The Kier molecular flexibility index (Phi) is 4.39. The Bertz CT molecular complexity index is 462. The zero-order valence-corrected chi connectivity index (χ0v) is 11.0. The van der Waals surface area contributed by atoms with Crippen LogP contribution in [0.4, 0.5) is 5.69 Å². The molecule has 0 radical (unpaired) electrons. The summed E-state index contributed by atoms with van der Waals surface area (Å²) in [5, 5.41) is 12.0. The smallest absolute Gasteiger partial charge is 0.361 e. The van der Waals surface area contributed by atoms with Crippen molar-refractivity contribution in [2.45, 2.75) is 19.8 Å². The number of carbonyl (C=O) groups excluding carboxylic acids is 1. The van der Waals surface area contributed by atoms with E-state index < -0.39 is 5.97 Å². The fourth-order valence-corrected chi connectivity index (χ4v) is 2.22. The molecule has 1 aliphatic rings. The molecule has 1 fully saturated rings. The minimum Gasteiger partial charge on any atom is -0.461 e. The lowest BCUT2D eigenvalue weighted by Gasteiger charge is -2.17. The van der Waals surface area contributed by atoms with Crippen LogP contribution in [0, 0.1) is 0 Å². The van der Waals surface area contributed by atoms with Gasteiger partial charge in [-0.2, -0.15) is 0 Å². The van der Waals surface area contributed by atoms with Gasteiger partial charge in [0.2, 0.25) is 0 Å². The number of hydrogen-bond acceptors (Lipinski definition) is 5. The number of anilines is 1. The normalized spacial score (nSPS) is 15.6. The Labute approximate surface area is 112 Å². The molecule has 1 aromatic rings. The lowest BCUT2D eigenvalue weighted by atomic mass is 10.1. The lowest BCUT2D eigenvalue weighted by Crippen LogP contribution is -2.20. The number of benzene rings is 1. The number of carbonyl (C=O) groups is 1. The third kappa shape index (κ3) is 3.05. The van der Waals surface area contributed by atoms with E-state index >= 15 is 0 Å². The quantitative estimate of drug-likeness (QED) is 0.390. The number of oxime groups is 1. The predicted octanol–water partition coefficient (Wildman–Crippen LogP) is 2.03. The standard InChI is InChI=1S/C14H18N2O3/c1-2-19-14(17)13(15-18)11-5-7-12(8-6-11)16-9-3-4-10-16/h5-8,18H,2-4,9-10H2,1H3/b15-13-. The minimum atomic E-state index is -0.612. The monoisotopic (exact) mass is 262 g/mol. The average molecular weight is 262 g/mol. The van der Waals surface area contributed by atoms with Gasteiger partial charge < -0.3 is 14.8 Å². The van der Waals surface area contributed by atoms with E-state index in [0.717, 1.165) is 18.8 Å². The van der Waals surface area contributed by atoms with Crippen molar-refractivity contribution < 1.29 is 14.7 Å². The van der Waals surface area contributed by atoms with Crippen LogP contribution in [0.1, 0.15) is 25.3 Å². The molecule has 1 N–H and O–H groups in total. The largest absolute Gasteiger partial charge is 0.461 e. The maximum absolute atomic E-state index is 11.6. The van der Waals surface area contributed by atoms with Crippen molar-refractivity contribution in [3.63, 3.8) is 0 Å². The highest BCUT2D eigenvalue weighted by molar-refractivity contribution is 6.43. The molecule has 0 bridgehead atoms. The van der Waals surface area contributed by atoms with Crippen LogP contribution >= 0.6 is 0 Å². The van der Waals surface area contributed by atoms with E-state index in [9.17, 15) is 4.79 Å². The highest BCUT2D eigenvalue weighted by atomic mass is 16.5. The van der Waals surface area contributed by atoms with Gasteiger partial charge in [0.05, 0.1) is 6.61 Å². The Morgan fingerprint density at radius 3 is 2.47 bits per heavy atom. The van der Waals surface area contributed by atoms with Crippen molar-refractivity contribution in [1.82, 2.24) is 0 Å². The Morgan fingerprint density at radius 1 is 1.32 bits per heavy atom. The van der Waals surface area contributed by atoms with Gasteiger partial charge in [0.1, 0.15) is 0 Å². The van der Waals surface area contributed by atoms with Crippen LogP contribution < -0.4 is 4.90 Å². The molecule has 5 heteroatoms. The minimum absolute atomic E-state index is 0.0604. The second kappa shape index (κ2) is 6.22. The number of rotatable bonds is 4. The molecule has 1 aliphatic heterocycles. The van der Waals surface area contributed by atoms with E-state index in [1.165, 1.54) is 12.8 Å².